The van der Waals surface area contributed by atoms with E-state index >= 15 is 0 Å². The summed E-state index contributed by atoms with van der Waals surface area (Å²) in [6.07, 6.45) is 5.06. The first kappa shape index (κ1) is 10.1. The second kappa shape index (κ2) is 3.73. The van der Waals surface area contributed by atoms with Crippen LogP contribution in [0.25, 0.3) is 0 Å². The van der Waals surface area contributed by atoms with E-state index in [1.54, 1.807) is 5.38 Å². The number of nitrogen functional groups attached to an aromatic ring is 1. The lowest BCUT2D eigenvalue weighted by molar-refractivity contribution is 0.0922. The second-order valence-corrected chi connectivity index (χ2v) is 5.63. The molecule has 0 radical (unpaired) electrons. The molecule has 2 saturated carbocycles. The number of nitrogens with zero attached hydrogens (tertiary/aromatic N) is 1. The Bertz CT molecular complexity index is 397. The van der Waals surface area contributed by atoms with Gasteiger partial charge in [-0.3, -0.25) is 4.79 Å². The van der Waals surface area contributed by atoms with Crippen LogP contribution in [-0.4, -0.2) is 16.9 Å². The van der Waals surface area contributed by atoms with Crippen LogP contribution < -0.4 is 11.1 Å². The highest BCUT2D eigenvalue weighted by atomic mass is 32.1. The normalized spacial score (nSPS) is 20.1. The molecule has 0 bridgehead atoms. The van der Waals surface area contributed by atoms with Gasteiger partial charge in [0.15, 0.2) is 5.13 Å². The Balaban J connectivity index is 1.66. The first-order chi connectivity index (χ1) is 7.74. The molecule has 1 amide bonds. The maximum absolute atomic E-state index is 11.9. The van der Waals surface area contributed by atoms with Crippen LogP contribution in [0.1, 0.15) is 36.2 Å². The van der Waals surface area contributed by atoms with Crippen LogP contribution in [0.5, 0.6) is 0 Å². The maximum atomic E-state index is 11.9. The summed E-state index contributed by atoms with van der Waals surface area (Å²) in [7, 11) is 0. The lowest BCUT2D eigenvalue weighted by atomic mass is 10.1. The van der Waals surface area contributed by atoms with Gasteiger partial charge in [0.2, 0.25) is 0 Å². The van der Waals surface area contributed by atoms with Crippen LogP contribution in [-0.2, 0) is 0 Å². The lowest BCUT2D eigenvalue weighted by Gasteiger charge is -2.16. The van der Waals surface area contributed by atoms with Crippen molar-refractivity contribution in [1.82, 2.24) is 10.3 Å². The molecule has 86 valence electrons. The predicted molar refractivity (Wildman–Crippen MR) is 63.2 cm³/mol. The highest BCUT2D eigenvalue weighted by molar-refractivity contribution is 7.13. The number of carbonyl (C=O) groups is 1. The van der Waals surface area contributed by atoms with Crippen molar-refractivity contribution >= 4 is 22.4 Å². The van der Waals surface area contributed by atoms with E-state index in [1.807, 2.05) is 0 Å². The van der Waals surface area contributed by atoms with Gasteiger partial charge >= 0.3 is 0 Å². The van der Waals surface area contributed by atoms with Gasteiger partial charge in [-0.15, -0.1) is 11.3 Å². The summed E-state index contributed by atoms with van der Waals surface area (Å²) in [6.45, 7) is 0. The van der Waals surface area contributed by atoms with Gasteiger partial charge in [-0.2, -0.15) is 0 Å². The summed E-state index contributed by atoms with van der Waals surface area (Å²) in [4.78, 5) is 15.9. The summed E-state index contributed by atoms with van der Waals surface area (Å²) in [5.74, 6) is 1.37. The Morgan fingerprint density at radius 1 is 1.44 bits per heavy atom. The van der Waals surface area contributed by atoms with Crippen molar-refractivity contribution in [2.24, 2.45) is 11.8 Å². The Morgan fingerprint density at radius 3 is 2.50 bits per heavy atom. The summed E-state index contributed by atoms with van der Waals surface area (Å²) < 4.78 is 0. The largest absolute Gasteiger partial charge is 0.375 e. The summed E-state index contributed by atoms with van der Waals surface area (Å²) in [5, 5.41) is 5.30. The zero-order chi connectivity index (χ0) is 11.1. The molecular weight excluding hydrogens is 222 g/mol. The molecule has 1 aromatic rings. The topological polar surface area (TPSA) is 68.0 Å². The summed E-state index contributed by atoms with van der Waals surface area (Å²) in [5.41, 5.74) is 5.99. The fourth-order valence-corrected chi connectivity index (χ4v) is 2.69. The van der Waals surface area contributed by atoms with E-state index in [0.717, 1.165) is 0 Å². The fourth-order valence-electron chi connectivity index (χ4n) is 2.15. The molecular formula is C11H15N3OS. The predicted octanol–water partition coefficient (Wildman–Crippen LogP) is 1.64. The van der Waals surface area contributed by atoms with Crippen molar-refractivity contribution in [3.8, 4) is 0 Å². The number of rotatable bonds is 4. The molecule has 1 heterocycles. The molecule has 4 nitrogen and oxygen atoms in total. The molecule has 2 aliphatic rings. The van der Waals surface area contributed by atoms with Crippen molar-refractivity contribution in [3.05, 3.63) is 11.1 Å². The van der Waals surface area contributed by atoms with Crippen LogP contribution in [0.15, 0.2) is 5.38 Å². The van der Waals surface area contributed by atoms with Gasteiger partial charge in [-0.25, -0.2) is 4.98 Å². The molecule has 2 fully saturated rings. The molecule has 16 heavy (non-hydrogen) atoms. The first-order valence-corrected chi connectivity index (χ1v) is 6.64. The van der Waals surface area contributed by atoms with Crippen LogP contribution in [0.4, 0.5) is 5.13 Å². The number of nitrogens with one attached hydrogen (secondary N) is 1. The molecule has 2 aliphatic carbocycles. The van der Waals surface area contributed by atoms with Crippen LogP contribution in [0, 0.1) is 11.8 Å². The number of amides is 1. The van der Waals surface area contributed by atoms with Gasteiger partial charge in [0.25, 0.3) is 5.91 Å². The van der Waals surface area contributed by atoms with Crippen molar-refractivity contribution < 1.29 is 4.79 Å². The van der Waals surface area contributed by atoms with E-state index < -0.39 is 0 Å². The lowest BCUT2D eigenvalue weighted by Crippen LogP contribution is -2.38. The minimum Gasteiger partial charge on any atom is -0.375 e. The number of nitrogens with two attached hydrogens (primary N) is 1. The third kappa shape index (κ3) is 2.04. The third-order valence-electron chi connectivity index (χ3n) is 3.31. The van der Waals surface area contributed by atoms with E-state index in [-0.39, 0.29) is 5.91 Å². The molecule has 0 unspecified atom stereocenters. The maximum Gasteiger partial charge on any atom is 0.271 e. The van der Waals surface area contributed by atoms with Gasteiger partial charge in [0.05, 0.1) is 0 Å². The van der Waals surface area contributed by atoms with Crippen LogP contribution in [0.3, 0.4) is 0 Å². The highest BCUT2D eigenvalue weighted by Gasteiger charge is 2.42. The van der Waals surface area contributed by atoms with Gasteiger partial charge < -0.3 is 11.1 Å². The molecule has 0 saturated heterocycles. The number of carbonyl (C=O) groups excluding carboxylic acids is 1. The van der Waals surface area contributed by atoms with Crippen LogP contribution >= 0.6 is 11.3 Å². The fraction of sp³-hybridized carbons (Fsp3) is 0.636. The monoisotopic (exact) mass is 237 g/mol. The Labute approximate surface area is 98.3 Å². The quantitative estimate of drug-likeness (QED) is 0.836. The van der Waals surface area contributed by atoms with Gasteiger partial charge in [-0.05, 0) is 37.5 Å². The van der Waals surface area contributed by atoms with E-state index in [1.165, 1.54) is 37.0 Å². The van der Waals surface area contributed by atoms with Gasteiger partial charge in [0.1, 0.15) is 5.69 Å². The number of aromatic nitrogens is 1. The summed E-state index contributed by atoms with van der Waals surface area (Å²) in [6, 6.07) is 0.385. The number of thiazole rings is 1. The Morgan fingerprint density at radius 2 is 2.06 bits per heavy atom. The van der Waals surface area contributed by atoms with Crippen molar-refractivity contribution in [1.29, 1.82) is 0 Å². The Kier molecular flexibility index (Phi) is 2.35. The molecule has 3 rings (SSSR count). The molecule has 3 N–H and O–H groups in total. The Hall–Kier alpha value is -1.10. The second-order valence-electron chi connectivity index (χ2n) is 4.75. The molecule has 0 aliphatic heterocycles. The van der Waals surface area contributed by atoms with Crippen molar-refractivity contribution in [3.63, 3.8) is 0 Å². The van der Waals surface area contributed by atoms with E-state index in [4.69, 9.17) is 5.73 Å². The van der Waals surface area contributed by atoms with E-state index in [0.29, 0.717) is 28.7 Å². The smallest absolute Gasteiger partial charge is 0.271 e. The molecule has 0 atom stereocenters. The average molecular weight is 237 g/mol. The summed E-state index contributed by atoms with van der Waals surface area (Å²) >= 11 is 1.31. The van der Waals surface area contributed by atoms with Crippen LogP contribution in [0.2, 0.25) is 0 Å². The number of hydrogen-bond donors (Lipinski definition) is 2. The molecule has 0 aromatic carbocycles. The highest BCUT2D eigenvalue weighted by Crippen LogP contribution is 2.44. The molecule has 0 spiro atoms. The average Bonchev–Trinajstić information content (AvgIpc) is 3.14. The third-order valence-corrected chi connectivity index (χ3v) is 3.99. The zero-order valence-corrected chi connectivity index (χ0v) is 9.80. The van der Waals surface area contributed by atoms with E-state index in [2.05, 4.69) is 10.3 Å². The SMILES string of the molecule is Nc1nc(C(=O)NC(C2CC2)C2CC2)cs1. The standard InChI is InChI=1S/C11H15N3OS/c12-11-13-8(5-16-11)10(15)14-9(6-1-2-6)7-3-4-7/h5-7,9H,1-4H2,(H2,12,13)(H,14,15). The van der Waals surface area contributed by atoms with Gasteiger partial charge in [0, 0.05) is 11.4 Å². The zero-order valence-electron chi connectivity index (χ0n) is 8.98. The van der Waals surface area contributed by atoms with Gasteiger partial charge in [-0.1, -0.05) is 0 Å². The van der Waals surface area contributed by atoms with Crippen molar-refractivity contribution in [2.75, 3.05) is 5.73 Å². The number of anilines is 1. The number of hydrogen-bond acceptors (Lipinski definition) is 4. The molecule has 1 aromatic heterocycles. The minimum atomic E-state index is -0.0586. The molecule has 5 heteroatoms. The minimum absolute atomic E-state index is 0.0586. The first-order valence-electron chi connectivity index (χ1n) is 5.76. The van der Waals surface area contributed by atoms with Crippen molar-refractivity contribution in [2.45, 2.75) is 31.7 Å². The van der Waals surface area contributed by atoms with E-state index in [9.17, 15) is 4.79 Å².